The normalized spacial score (nSPS) is 15.9. The van der Waals surface area contributed by atoms with Gasteiger partial charge in [-0.2, -0.15) is 5.10 Å². The van der Waals surface area contributed by atoms with Gasteiger partial charge in [0.25, 0.3) is 5.91 Å². The lowest BCUT2D eigenvalue weighted by atomic mass is 9.97. The zero-order chi connectivity index (χ0) is 29.8. The summed E-state index contributed by atoms with van der Waals surface area (Å²) in [5, 5.41) is 5.56. The summed E-state index contributed by atoms with van der Waals surface area (Å²) in [4.78, 5) is 24.4. The lowest BCUT2D eigenvalue weighted by Crippen LogP contribution is -2.45. The van der Waals surface area contributed by atoms with Gasteiger partial charge < -0.3 is 24.5 Å². The summed E-state index contributed by atoms with van der Waals surface area (Å²) < 4.78 is 25.8. The SMILES string of the molecule is Cc1nc(C)n(CCOc2cccc3cc(-c4nc5cc6c(cc5n4C)CCN(C[C@H](N)CF)C6=O)n(CC4CC4)c23)n1. The van der Waals surface area contributed by atoms with E-state index < -0.39 is 12.7 Å². The van der Waals surface area contributed by atoms with Crippen molar-refractivity contribution in [2.24, 2.45) is 18.7 Å². The number of hydrogen-bond acceptors (Lipinski definition) is 6. The molecule has 11 heteroatoms. The predicted molar refractivity (Wildman–Crippen MR) is 163 cm³/mol. The molecule has 0 bridgehead atoms. The Balaban J connectivity index is 1.26. The number of nitrogens with two attached hydrogens (primary N) is 1. The summed E-state index contributed by atoms with van der Waals surface area (Å²) in [6, 6.07) is 11.7. The molecule has 1 aliphatic carbocycles. The number of ether oxygens (including phenoxy) is 1. The number of carbonyl (C=O) groups excluding carboxylic acids is 1. The standard InChI is InChI=1S/C32H37FN8O2/c1-19-35-20(2)41(37-19)11-12-43-29-6-4-5-23-14-28(40(30(23)29)17-21-7-8-21)31-36-26-15-25-22(13-27(26)38(31)3)9-10-39(32(25)42)18-24(34)16-33/h4-6,13-15,21,24H,7-12,16-18,34H2,1-3H3/t24-/m1/s1. The van der Waals surface area contributed by atoms with E-state index in [9.17, 15) is 9.18 Å². The molecule has 0 radical (unpaired) electrons. The number of alkyl halides is 1. The summed E-state index contributed by atoms with van der Waals surface area (Å²) in [6.07, 6.45) is 3.13. The van der Waals surface area contributed by atoms with Crippen molar-refractivity contribution in [3.05, 3.63) is 59.2 Å². The summed E-state index contributed by atoms with van der Waals surface area (Å²) in [6.45, 7) is 5.93. The third-order valence-corrected chi connectivity index (χ3v) is 8.70. The molecule has 224 valence electrons. The zero-order valence-corrected chi connectivity index (χ0v) is 24.9. The Morgan fingerprint density at radius 3 is 2.74 bits per heavy atom. The van der Waals surface area contributed by atoms with E-state index in [4.69, 9.17) is 15.5 Å². The van der Waals surface area contributed by atoms with E-state index in [2.05, 4.69) is 37.4 Å². The van der Waals surface area contributed by atoms with Gasteiger partial charge in [0.1, 0.15) is 30.7 Å². The van der Waals surface area contributed by atoms with Gasteiger partial charge in [0, 0.05) is 37.6 Å². The van der Waals surface area contributed by atoms with Crippen molar-refractivity contribution < 1.29 is 13.9 Å². The Morgan fingerprint density at radius 2 is 2.00 bits per heavy atom. The van der Waals surface area contributed by atoms with Crippen LogP contribution in [0.1, 0.15) is 40.4 Å². The van der Waals surface area contributed by atoms with Gasteiger partial charge in [0.2, 0.25) is 0 Å². The van der Waals surface area contributed by atoms with E-state index in [0.29, 0.717) is 37.6 Å². The van der Waals surface area contributed by atoms with Gasteiger partial charge in [-0.3, -0.25) is 4.79 Å². The molecule has 0 unspecified atom stereocenters. The highest BCUT2D eigenvalue weighted by molar-refractivity contribution is 6.01. The molecule has 43 heavy (non-hydrogen) atoms. The number of imidazole rings is 1. The average molecular weight is 585 g/mol. The second-order valence-electron chi connectivity index (χ2n) is 12.0. The molecule has 4 heterocycles. The van der Waals surface area contributed by atoms with Crippen LogP contribution >= 0.6 is 0 Å². The first-order valence-corrected chi connectivity index (χ1v) is 15.0. The van der Waals surface area contributed by atoms with Crippen LogP contribution in [-0.2, 0) is 26.6 Å². The van der Waals surface area contributed by atoms with Crippen LogP contribution < -0.4 is 10.5 Å². The fraction of sp³-hybridized carbons (Fsp3) is 0.438. The molecular weight excluding hydrogens is 547 g/mol. The third kappa shape index (κ3) is 5.05. The molecule has 3 aromatic heterocycles. The van der Waals surface area contributed by atoms with Crippen molar-refractivity contribution in [3.8, 4) is 17.3 Å². The molecule has 0 spiro atoms. The Bertz CT molecular complexity index is 1850. The average Bonchev–Trinajstić information content (AvgIpc) is 3.55. The molecular formula is C32H37FN8O2. The number of aryl methyl sites for hydroxylation is 3. The highest BCUT2D eigenvalue weighted by Gasteiger charge is 2.29. The monoisotopic (exact) mass is 584 g/mol. The smallest absolute Gasteiger partial charge is 0.254 e. The van der Waals surface area contributed by atoms with Crippen molar-refractivity contribution >= 4 is 27.8 Å². The number of aromatic nitrogens is 6. The lowest BCUT2D eigenvalue weighted by Gasteiger charge is -2.30. The van der Waals surface area contributed by atoms with Gasteiger partial charge in [-0.1, -0.05) is 12.1 Å². The predicted octanol–water partition coefficient (Wildman–Crippen LogP) is 4.19. The van der Waals surface area contributed by atoms with E-state index in [1.807, 2.05) is 43.8 Å². The van der Waals surface area contributed by atoms with E-state index >= 15 is 0 Å². The lowest BCUT2D eigenvalue weighted by molar-refractivity contribution is 0.0725. The van der Waals surface area contributed by atoms with Crippen molar-refractivity contribution in [1.82, 2.24) is 33.8 Å². The van der Waals surface area contributed by atoms with Gasteiger partial charge in [0.05, 0.1) is 34.8 Å². The first-order chi connectivity index (χ1) is 20.8. The molecule has 1 aliphatic heterocycles. The molecule has 7 rings (SSSR count). The number of rotatable bonds is 10. The molecule has 1 atom stereocenters. The maximum Gasteiger partial charge on any atom is 0.254 e. The van der Waals surface area contributed by atoms with E-state index in [1.165, 1.54) is 12.8 Å². The van der Waals surface area contributed by atoms with Gasteiger partial charge in [0.15, 0.2) is 5.82 Å². The van der Waals surface area contributed by atoms with Gasteiger partial charge >= 0.3 is 0 Å². The van der Waals surface area contributed by atoms with Crippen molar-refractivity contribution in [2.75, 3.05) is 26.4 Å². The molecule has 10 nitrogen and oxygen atoms in total. The van der Waals surface area contributed by atoms with Gasteiger partial charge in [-0.25, -0.2) is 19.0 Å². The van der Waals surface area contributed by atoms with Crippen molar-refractivity contribution in [2.45, 2.75) is 52.2 Å². The zero-order valence-electron chi connectivity index (χ0n) is 24.9. The van der Waals surface area contributed by atoms with Crippen LogP contribution in [0.25, 0.3) is 33.5 Å². The number of carbonyl (C=O) groups is 1. The number of benzene rings is 2. The van der Waals surface area contributed by atoms with Crippen molar-refractivity contribution in [1.29, 1.82) is 0 Å². The summed E-state index contributed by atoms with van der Waals surface area (Å²) in [7, 11) is 2.03. The molecule has 1 fully saturated rings. The first-order valence-electron chi connectivity index (χ1n) is 15.0. The van der Waals surface area contributed by atoms with Crippen LogP contribution in [-0.4, -0.2) is 72.1 Å². The Hall–Kier alpha value is -4.25. The summed E-state index contributed by atoms with van der Waals surface area (Å²) in [5.74, 6) is 3.83. The maximum absolute atomic E-state index is 13.3. The maximum atomic E-state index is 13.3. The summed E-state index contributed by atoms with van der Waals surface area (Å²) in [5.41, 5.74) is 11.3. The van der Waals surface area contributed by atoms with Crippen LogP contribution in [0, 0.1) is 19.8 Å². The van der Waals surface area contributed by atoms with Gasteiger partial charge in [-0.05, 0) is 68.9 Å². The molecule has 2 N–H and O–H groups in total. The number of hydrogen-bond donors (Lipinski definition) is 1. The minimum Gasteiger partial charge on any atom is -0.489 e. The number of para-hydroxylation sites is 1. The third-order valence-electron chi connectivity index (χ3n) is 8.70. The molecule has 2 aliphatic rings. The molecule has 5 aromatic rings. The van der Waals surface area contributed by atoms with E-state index in [0.717, 1.165) is 63.0 Å². The molecule has 0 saturated heterocycles. The number of amides is 1. The van der Waals surface area contributed by atoms with Gasteiger partial charge in [-0.15, -0.1) is 0 Å². The van der Waals surface area contributed by atoms with E-state index in [-0.39, 0.29) is 12.5 Å². The highest BCUT2D eigenvalue weighted by Crippen LogP contribution is 2.39. The second kappa shape index (κ2) is 10.8. The Labute approximate surface area is 249 Å². The fourth-order valence-corrected chi connectivity index (χ4v) is 6.31. The van der Waals surface area contributed by atoms with E-state index in [1.54, 1.807) is 4.90 Å². The molecule has 2 aromatic carbocycles. The molecule has 1 saturated carbocycles. The quantitative estimate of drug-likeness (QED) is 0.264. The number of nitrogens with zero attached hydrogens (tertiary/aromatic N) is 7. The van der Waals surface area contributed by atoms with Crippen LogP contribution in [0.2, 0.25) is 0 Å². The number of fused-ring (bicyclic) bond motifs is 3. The Morgan fingerprint density at radius 1 is 1.16 bits per heavy atom. The van der Waals surface area contributed by atoms with Crippen LogP contribution in [0.5, 0.6) is 5.75 Å². The number of halogens is 1. The van der Waals surface area contributed by atoms with Crippen molar-refractivity contribution in [3.63, 3.8) is 0 Å². The second-order valence-corrected chi connectivity index (χ2v) is 12.0. The van der Waals surface area contributed by atoms with Crippen LogP contribution in [0.3, 0.4) is 0 Å². The highest BCUT2D eigenvalue weighted by atomic mass is 19.1. The first kappa shape index (κ1) is 27.6. The minimum atomic E-state index is -0.672. The minimum absolute atomic E-state index is 0.111. The topological polar surface area (TPSA) is 109 Å². The fourth-order valence-electron chi connectivity index (χ4n) is 6.31. The van der Waals surface area contributed by atoms with Crippen LogP contribution in [0.4, 0.5) is 4.39 Å². The Kier molecular flexibility index (Phi) is 6.92. The molecule has 1 amide bonds. The summed E-state index contributed by atoms with van der Waals surface area (Å²) >= 11 is 0. The van der Waals surface area contributed by atoms with Crippen LogP contribution in [0.15, 0.2) is 36.4 Å². The largest absolute Gasteiger partial charge is 0.489 e.